The summed E-state index contributed by atoms with van der Waals surface area (Å²) in [6.45, 7) is 0. The van der Waals surface area contributed by atoms with Gasteiger partial charge >= 0.3 is 0 Å². The van der Waals surface area contributed by atoms with Crippen molar-refractivity contribution in [2.45, 2.75) is 12.3 Å². The molecule has 130 valence electrons. The number of benzene rings is 2. The molecule has 1 N–H and O–H groups in total. The van der Waals surface area contributed by atoms with Crippen LogP contribution in [0.3, 0.4) is 0 Å². The third-order valence-corrected chi connectivity index (χ3v) is 5.36. The van der Waals surface area contributed by atoms with Crippen molar-refractivity contribution in [1.29, 1.82) is 0 Å². The first-order chi connectivity index (χ1) is 13.1. The molecule has 0 fully saturated rings. The maximum atomic E-state index is 13.4. The fraction of sp³-hybridized carbons (Fsp3) is 0.0870. The van der Waals surface area contributed by atoms with Crippen LogP contribution in [0, 0.1) is 0 Å². The van der Waals surface area contributed by atoms with E-state index in [1.54, 1.807) is 12.1 Å². The largest absolute Gasteiger partial charge is 0.354 e. The van der Waals surface area contributed by atoms with Gasteiger partial charge < -0.3 is 4.98 Å². The molecule has 4 heteroatoms. The van der Waals surface area contributed by atoms with E-state index < -0.39 is 5.92 Å². The van der Waals surface area contributed by atoms with Crippen molar-refractivity contribution < 1.29 is 14.4 Å². The van der Waals surface area contributed by atoms with E-state index in [4.69, 9.17) is 0 Å². The van der Waals surface area contributed by atoms with Crippen LogP contribution in [-0.4, -0.2) is 22.3 Å². The Morgan fingerprint density at radius 3 is 2.41 bits per heavy atom. The van der Waals surface area contributed by atoms with Gasteiger partial charge in [-0.15, -0.1) is 0 Å². The van der Waals surface area contributed by atoms with Gasteiger partial charge in [-0.25, -0.2) is 0 Å². The number of carbonyl (C=O) groups excluding carboxylic acids is 3. The molecular formula is C23H15NO3. The molecule has 1 atom stereocenters. The van der Waals surface area contributed by atoms with Crippen molar-refractivity contribution in [3.8, 4) is 0 Å². The van der Waals surface area contributed by atoms with Crippen molar-refractivity contribution in [2.24, 2.45) is 0 Å². The Balaban J connectivity index is 1.75. The van der Waals surface area contributed by atoms with E-state index in [9.17, 15) is 14.4 Å². The summed E-state index contributed by atoms with van der Waals surface area (Å²) >= 11 is 0. The van der Waals surface area contributed by atoms with E-state index in [1.807, 2.05) is 42.5 Å². The molecule has 4 nitrogen and oxygen atoms in total. The molecule has 0 saturated carbocycles. The molecular weight excluding hydrogens is 338 g/mol. The lowest BCUT2D eigenvalue weighted by Gasteiger charge is -2.25. The maximum Gasteiger partial charge on any atom is 0.202 e. The van der Waals surface area contributed by atoms with Crippen LogP contribution < -0.4 is 0 Å². The molecule has 3 aromatic rings. The highest BCUT2D eigenvalue weighted by Crippen LogP contribution is 2.41. The highest BCUT2D eigenvalue weighted by molar-refractivity contribution is 6.22. The molecule has 2 aromatic carbocycles. The molecule has 27 heavy (non-hydrogen) atoms. The minimum Gasteiger partial charge on any atom is -0.354 e. The van der Waals surface area contributed by atoms with Gasteiger partial charge in [0.05, 0.1) is 17.2 Å². The number of aromatic amines is 1. The zero-order valence-electron chi connectivity index (χ0n) is 14.4. The topological polar surface area (TPSA) is 67.0 Å². The molecule has 0 spiro atoms. The van der Waals surface area contributed by atoms with E-state index in [-0.39, 0.29) is 17.3 Å². The first-order valence-electron chi connectivity index (χ1n) is 8.83. The lowest BCUT2D eigenvalue weighted by atomic mass is 9.77. The number of Topliss-reactive ketones (excluding diaryl/α,β-unsaturated/α-hetero) is 1. The summed E-state index contributed by atoms with van der Waals surface area (Å²) < 4.78 is 0. The minimum absolute atomic E-state index is 0.0459. The van der Waals surface area contributed by atoms with Gasteiger partial charge in [-0.3, -0.25) is 14.4 Å². The summed E-state index contributed by atoms with van der Waals surface area (Å²) in [5.74, 6) is -1.02. The van der Waals surface area contributed by atoms with Crippen LogP contribution in [0.15, 0.2) is 66.7 Å². The van der Waals surface area contributed by atoms with Crippen molar-refractivity contribution >= 4 is 17.3 Å². The number of nitrogens with one attached hydrogen (secondary N) is 1. The van der Waals surface area contributed by atoms with Gasteiger partial charge in [-0.1, -0.05) is 54.6 Å². The highest BCUT2D eigenvalue weighted by atomic mass is 16.1. The number of carbonyl (C=O) groups is 3. The van der Waals surface area contributed by atoms with E-state index in [0.717, 1.165) is 16.7 Å². The van der Waals surface area contributed by atoms with Crippen molar-refractivity contribution in [1.82, 2.24) is 4.98 Å². The van der Waals surface area contributed by atoms with Gasteiger partial charge in [0.2, 0.25) is 5.78 Å². The summed E-state index contributed by atoms with van der Waals surface area (Å²) in [7, 11) is 0. The fourth-order valence-corrected chi connectivity index (χ4v) is 4.13. The molecule has 0 aliphatic heterocycles. The molecule has 1 aromatic heterocycles. The Morgan fingerprint density at radius 2 is 1.59 bits per heavy atom. The summed E-state index contributed by atoms with van der Waals surface area (Å²) in [4.78, 5) is 41.3. The van der Waals surface area contributed by atoms with E-state index in [0.29, 0.717) is 28.9 Å². The predicted octanol–water partition coefficient (Wildman–Crippen LogP) is 3.87. The van der Waals surface area contributed by atoms with Gasteiger partial charge in [-0.2, -0.15) is 0 Å². The SMILES string of the molecule is O=C1C=CC(=O)c2c1[nH]c1c2Cc2ccccc2C1C(=O)c1ccccc1. The first-order valence-corrected chi connectivity index (χ1v) is 8.83. The molecule has 0 radical (unpaired) electrons. The average molecular weight is 353 g/mol. The van der Waals surface area contributed by atoms with E-state index in [1.165, 1.54) is 12.2 Å². The maximum absolute atomic E-state index is 13.4. The highest BCUT2D eigenvalue weighted by Gasteiger charge is 2.38. The number of aromatic nitrogens is 1. The molecule has 2 aliphatic carbocycles. The van der Waals surface area contributed by atoms with Gasteiger partial charge in [0.15, 0.2) is 11.6 Å². The third-order valence-electron chi connectivity index (χ3n) is 5.36. The zero-order chi connectivity index (χ0) is 18.5. The van der Waals surface area contributed by atoms with Gasteiger partial charge in [0.25, 0.3) is 0 Å². The molecule has 2 aliphatic rings. The molecule has 1 heterocycles. The van der Waals surface area contributed by atoms with Crippen molar-refractivity contribution in [2.75, 3.05) is 0 Å². The number of hydrogen-bond acceptors (Lipinski definition) is 3. The monoisotopic (exact) mass is 353 g/mol. The minimum atomic E-state index is -0.557. The lowest BCUT2D eigenvalue weighted by Crippen LogP contribution is -2.22. The summed E-state index contributed by atoms with van der Waals surface area (Å²) in [6.07, 6.45) is 3.13. The molecule has 5 rings (SSSR count). The number of fused-ring (bicyclic) bond motifs is 4. The number of hydrogen-bond donors (Lipinski definition) is 1. The van der Waals surface area contributed by atoms with Crippen LogP contribution in [0.1, 0.15) is 59.5 Å². The molecule has 0 bridgehead atoms. The average Bonchev–Trinajstić information content (AvgIpc) is 3.09. The number of H-pyrrole nitrogens is 1. The Labute approximate surface area is 155 Å². The smallest absolute Gasteiger partial charge is 0.202 e. The van der Waals surface area contributed by atoms with Gasteiger partial charge in [0.1, 0.15) is 0 Å². The molecule has 0 amide bonds. The van der Waals surface area contributed by atoms with Crippen molar-refractivity contribution in [3.63, 3.8) is 0 Å². The van der Waals surface area contributed by atoms with Crippen LogP contribution >= 0.6 is 0 Å². The van der Waals surface area contributed by atoms with Crippen LogP contribution in [-0.2, 0) is 6.42 Å². The molecule has 1 unspecified atom stereocenters. The molecule has 0 saturated heterocycles. The van der Waals surface area contributed by atoms with Crippen LogP contribution in [0.25, 0.3) is 0 Å². The Bertz CT molecular complexity index is 1150. The van der Waals surface area contributed by atoms with E-state index in [2.05, 4.69) is 4.98 Å². The summed E-state index contributed by atoms with van der Waals surface area (Å²) in [5, 5.41) is 0. The fourth-order valence-electron chi connectivity index (χ4n) is 4.13. The van der Waals surface area contributed by atoms with Gasteiger partial charge in [-0.05, 0) is 28.8 Å². The Kier molecular flexibility index (Phi) is 3.34. The lowest BCUT2D eigenvalue weighted by molar-refractivity contribution is 0.0969. The second-order valence-corrected chi connectivity index (χ2v) is 6.87. The zero-order valence-corrected chi connectivity index (χ0v) is 14.4. The van der Waals surface area contributed by atoms with Crippen LogP contribution in [0.2, 0.25) is 0 Å². The second kappa shape index (κ2) is 5.74. The van der Waals surface area contributed by atoms with Crippen LogP contribution in [0.5, 0.6) is 0 Å². The number of ketones is 3. The summed E-state index contributed by atoms with van der Waals surface area (Å²) in [5.41, 5.74) is 4.68. The third kappa shape index (κ3) is 2.27. The van der Waals surface area contributed by atoms with Gasteiger partial charge in [0, 0.05) is 17.7 Å². The summed E-state index contributed by atoms with van der Waals surface area (Å²) in [6, 6.07) is 16.9. The van der Waals surface area contributed by atoms with Crippen molar-refractivity contribution in [3.05, 3.63) is 106 Å². The Morgan fingerprint density at radius 1 is 0.889 bits per heavy atom. The number of allylic oxidation sites excluding steroid dienone is 2. The standard InChI is InChI=1S/C23H15NO3/c25-17-10-11-18(26)22-19(17)16-12-14-8-4-5-9-15(14)20(21(16)24-22)23(27)13-6-2-1-3-7-13/h1-11,20,24H,12H2. The predicted molar refractivity (Wildman–Crippen MR) is 100 cm³/mol. The first kappa shape index (κ1) is 15.7. The van der Waals surface area contributed by atoms with E-state index >= 15 is 0 Å². The van der Waals surface area contributed by atoms with Crippen LogP contribution in [0.4, 0.5) is 0 Å². The normalized spacial score (nSPS) is 17.3. The number of rotatable bonds is 2. The second-order valence-electron chi connectivity index (χ2n) is 6.87. The Hall–Kier alpha value is -3.53. The quantitative estimate of drug-likeness (QED) is 0.711.